The third kappa shape index (κ3) is 5.54. The fourth-order valence-electron chi connectivity index (χ4n) is 10.5. The molecule has 300 valence electrons. The van der Waals surface area contributed by atoms with Gasteiger partial charge in [-0.25, -0.2) is 0 Å². The van der Waals surface area contributed by atoms with E-state index in [1.54, 1.807) is 0 Å². The van der Waals surface area contributed by atoms with E-state index in [2.05, 4.69) is 217 Å². The number of para-hydroxylation sites is 2. The fourth-order valence-corrected chi connectivity index (χ4v) is 10.5. The Bertz CT molecular complexity index is 3550. The first-order chi connectivity index (χ1) is 31.7. The Hall–Kier alpha value is -8.40. The van der Waals surface area contributed by atoms with Crippen molar-refractivity contribution in [2.45, 2.75) is 5.41 Å². The van der Waals surface area contributed by atoms with Crippen molar-refractivity contribution in [1.29, 1.82) is 0 Å². The number of anilines is 3. The summed E-state index contributed by atoms with van der Waals surface area (Å²) in [5, 5.41) is 4.47. The lowest BCUT2D eigenvalue weighted by Crippen LogP contribution is -2.28. The largest absolute Gasteiger partial charge is 0.456 e. The molecule has 0 saturated carbocycles. The molecule has 3 heteroatoms. The van der Waals surface area contributed by atoms with Crippen LogP contribution in [0.2, 0.25) is 0 Å². The van der Waals surface area contributed by atoms with Crippen LogP contribution in [0, 0.1) is 0 Å². The normalized spacial score (nSPS) is 12.8. The molecule has 0 fully saturated rings. The monoisotopic (exact) mass is 817 g/mol. The van der Waals surface area contributed by atoms with Gasteiger partial charge >= 0.3 is 0 Å². The van der Waals surface area contributed by atoms with Crippen LogP contribution in [0.3, 0.4) is 0 Å². The summed E-state index contributed by atoms with van der Waals surface area (Å²) in [5.74, 6) is 0. The molecule has 1 aliphatic rings. The zero-order chi connectivity index (χ0) is 42.2. The van der Waals surface area contributed by atoms with Crippen LogP contribution in [0.15, 0.2) is 245 Å². The first-order valence-corrected chi connectivity index (χ1v) is 21.9. The van der Waals surface area contributed by atoms with Crippen LogP contribution < -0.4 is 4.90 Å². The molecule has 0 amide bonds. The van der Waals surface area contributed by atoms with Crippen LogP contribution in [0.1, 0.15) is 22.3 Å². The van der Waals surface area contributed by atoms with Crippen LogP contribution in [0.25, 0.3) is 77.3 Å². The minimum absolute atomic E-state index is 0.536. The van der Waals surface area contributed by atoms with E-state index >= 15 is 0 Å². The van der Waals surface area contributed by atoms with Gasteiger partial charge in [-0.05, 0) is 128 Å². The molecule has 3 nitrogen and oxygen atoms in total. The minimum Gasteiger partial charge on any atom is -0.456 e. The van der Waals surface area contributed by atoms with Gasteiger partial charge in [-0.1, -0.05) is 164 Å². The Morgan fingerprint density at radius 1 is 0.281 bits per heavy atom. The van der Waals surface area contributed by atoms with Crippen molar-refractivity contribution in [2.24, 2.45) is 0 Å². The summed E-state index contributed by atoms with van der Waals surface area (Å²) in [6.07, 6.45) is 0. The molecular formula is C61H39NO2. The molecule has 13 rings (SSSR count). The van der Waals surface area contributed by atoms with Gasteiger partial charge in [-0.15, -0.1) is 0 Å². The average molecular weight is 818 g/mol. The molecule has 0 radical (unpaired) electrons. The summed E-state index contributed by atoms with van der Waals surface area (Å²) in [6, 6.07) is 85.6. The van der Waals surface area contributed by atoms with Crippen molar-refractivity contribution < 1.29 is 8.83 Å². The van der Waals surface area contributed by atoms with Crippen molar-refractivity contribution in [3.63, 3.8) is 0 Å². The van der Waals surface area contributed by atoms with Gasteiger partial charge < -0.3 is 13.7 Å². The molecule has 0 atom stereocenters. The molecule has 0 bridgehead atoms. The lowest BCUT2D eigenvalue weighted by molar-refractivity contribution is 0.668. The van der Waals surface area contributed by atoms with E-state index in [-0.39, 0.29) is 0 Å². The molecule has 2 heterocycles. The van der Waals surface area contributed by atoms with Gasteiger partial charge in [0, 0.05) is 38.6 Å². The fraction of sp³-hybridized carbons (Fsp3) is 0.0164. The maximum atomic E-state index is 6.24. The van der Waals surface area contributed by atoms with Gasteiger partial charge in [0.05, 0.1) is 5.41 Å². The van der Waals surface area contributed by atoms with Crippen LogP contribution in [0.5, 0.6) is 0 Å². The van der Waals surface area contributed by atoms with Gasteiger partial charge in [0.25, 0.3) is 0 Å². The molecule has 0 aliphatic heterocycles. The van der Waals surface area contributed by atoms with Gasteiger partial charge in [0.1, 0.15) is 22.3 Å². The molecule has 0 spiro atoms. The summed E-state index contributed by atoms with van der Waals surface area (Å²) in [7, 11) is 0. The molecule has 0 unspecified atom stereocenters. The first-order valence-electron chi connectivity index (χ1n) is 21.9. The lowest BCUT2D eigenvalue weighted by atomic mass is 9.67. The van der Waals surface area contributed by atoms with E-state index in [1.165, 1.54) is 33.4 Å². The molecule has 1 aliphatic carbocycles. The number of fused-ring (bicyclic) bond motifs is 9. The molecule has 0 N–H and O–H groups in total. The standard InChI is InChI=1S/C61H39NO2/c1-3-17-44(18-4-1)61(45-19-5-2-6-20-45)55-26-10-7-23-49(55)50-32-31-48(39-56(50)61)62(46-21-13-15-40(35-46)42-29-33-59-53(37-42)51-24-8-11-27-57(51)63-59)47-22-14-16-41(36-47)43-30-34-60-54(38-43)52-25-9-12-28-58(52)64-60/h1-39H. The van der Waals surface area contributed by atoms with Crippen molar-refractivity contribution in [3.05, 3.63) is 259 Å². The highest BCUT2D eigenvalue weighted by Crippen LogP contribution is 2.57. The second-order valence-corrected chi connectivity index (χ2v) is 16.8. The molecular weight excluding hydrogens is 779 g/mol. The SMILES string of the molecule is c1ccc(C2(c3ccccc3)c3ccccc3-c3ccc(N(c4cccc(-c5ccc6oc7ccccc7c6c5)c4)c4cccc(-c5ccc6oc7ccccc7c6c5)c4)cc32)cc1. The summed E-state index contributed by atoms with van der Waals surface area (Å²) in [5.41, 5.74) is 18.3. The van der Waals surface area contributed by atoms with Crippen LogP contribution >= 0.6 is 0 Å². The Morgan fingerprint density at radius 2 is 0.734 bits per heavy atom. The summed E-state index contributed by atoms with van der Waals surface area (Å²) >= 11 is 0. The highest BCUT2D eigenvalue weighted by Gasteiger charge is 2.46. The number of hydrogen-bond donors (Lipinski definition) is 0. The zero-order valence-corrected chi connectivity index (χ0v) is 34.8. The maximum absolute atomic E-state index is 6.24. The molecule has 12 aromatic rings. The van der Waals surface area contributed by atoms with Crippen LogP contribution in [-0.4, -0.2) is 0 Å². The van der Waals surface area contributed by atoms with Crippen molar-refractivity contribution in [2.75, 3.05) is 4.90 Å². The summed E-state index contributed by atoms with van der Waals surface area (Å²) in [6.45, 7) is 0. The van der Waals surface area contributed by atoms with E-state index in [4.69, 9.17) is 8.83 Å². The maximum Gasteiger partial charge on any atom is 0.135 e. The highest BCUT2D eigenvalue weighted by atomic mass is 16.3. The van der Waals surface area contributed by atoms with E-state index in [0.29, 0.717) is 0 Å². The van der Waals surface area contributed by atoms with E-state index in [1.807, 2.05) is 24.3 Å². The Kier molecular flexibility index (Phi) is 8.13. The average Bonchev–Trinajstić information content (AvgIpc) is 4.02. The molecule has 10 aromatic carbocycles. The number of hydrogen-bond acceptors (Lipinski definition) is 3. The topological polar surface area (TPSA) is 29.5 Å². The van der Waals surface area contributed by atoms with E-state index in [0.717, 1.165) is 83.2 Å². The third-order valence-corrected chi connectivity index (χ3v) is 13.3. The molecule has 0 saturated heterocycles. The van der Waals surface area contributed by atoms with E-state index in [9.17, 15) is 0 Å². The summed E-state index contributed by atoms with van der Waals surface area (Å²) < 4.78 is 12.5. The van der Waals surface area contributed by atoms with Crippen molar-refractivity contribution in [1.82, 2.24) is 0 Å². The van der Waals surface area contributed by atoms with Gasteiger partial charge in [-0.3, -0.25) is 0 Å². The van der Waals surface area contributed by atoms with Crippen molar-refractivity contribution in [3.8, 4) is 33.4 Å². The number of benzene rings is 10. The number of nitrogens with zero attached hydrogens (tertiary/aromatic N) is 1. The quantitative estimate of drug-likeness (QED) is 0.160. The molecule has 2 aromatic heterocycles. The predicted octanol–water partition coefficient (Wildman–Crippen LogP) is 16.7. The third-order valence-electron chi connectivity index (χ3n) is 13.3. The van der Waals surface area contributed by atoms with Crippen LogP contribution in [0.4, 0.5) is 17.1 Å². The van der Waals surface area contributed by atoms with Crippen molar-refractivity contribution >= 4 is 60.9 Å². The lowest BCUT2D eigenvalue weighted by Gasteiger charge is -2.35. The Morgan fingerprint density at radius 3 is 1.31 bits per heavy atom. The Labute approximate surface area is 370 Å². The second-order valence-electron chi connectivity index (χ2n) is 16.8. The number of rotatable bonds is 7. The summed E-state index contributed by atoms with van der Waals surface area (Å²) in [4.78, 5) is 2.43. The predicted molar refractivity (Wildman–Crippen MR) is 264 cm³/mol. The molecule has 64 heavy (non-hydrogen) atoms. The highest BCUT2D eigenvalue weighted by molar-refractivity contribution is 6.07. The van der Waals surface area contributed by atoms with Crippen LogP contribution in [-0.2, 0) is 5.41 Å². The van der Waals surface area contributed by atoms with Gasteiger partial charge in [0.2, 0.25) is 0 Å². The van der Waals surface area contributed by atoms with Gasteiger partial charge in [0.15, 0.2) is 0 Å². The second kappa shape index (κ2) is 14.3. The minimum atomic E-state index is -0.536. The Balaban J connectivity index is 1.03. The smallest absolute Gasteiger partial charge is 0.135 e. The zero-order valence-electron chi connectivity index (χ0n) is 34.8. The first kappa shape index (κ1) is 36.3. The number of furan rings is 2. The van der Waals surface area contributed by atoms with Gasteiger partial charge in [-0.2, -0.15) is 0 Å². The van der Waals surface area contributed by atoms with E-state index < -0.39 is 5.41 Å².